The largest absolute Gasteiger partial charge is 0.310 e. The molecule has 5 heteroatoms. The molecular weight excluding hydrogens is 272 g/mol. The normalized spacial score (nSPS) is 22.9. The minimum atomic E-state index is -2.78. The summed E-state index contributed by atoms with van der Waals surface area (Å²) >= 11 is 0. The van der Waals surface area contributed by atoms with Crippen molar-refractivity contribution in [3.63, 3.8) is 0 Å². The molecule has 1 saturated heterocycles. The third-order valence-corrected chi connectivity index (χ3v) is 5.89. The first-order chi connectivity index (χ1) is 9.28. The minimum absolute atomic E-state index is 0.200. The maximum Gasteiger partial charge on any atom is 0.150 e. The number of hydrogen-bond donors (Lipinski definition) is 1. The highest BCUT2D eigenvalue weighted by molar-refractivity contribution is 7.91. The fourth-order valence-electron chi connectivity index (χ4n) is 3.17. The van der Waals surface area contributed by atoms with Crippen LogP contribution in [0.4, 0.5) is 0 Å². The van der Waals surface area contributed by atoms with Crippen molar-refractivity contribution in [2.75, 3.05) is 18.1 Å². The molecule has 112 valence electrons. The van der Waals surface area contributed by atoms with Gasteiger partial charge in [-0.1, -0.05) is 0 Å². The first-order valence-electron chi connectivity index (χ1n) is 7.17. The predicted molar refractivity (Wildman–Crippen MR) is 81.6 cm³/mol. The summed E-state index contributed by atoms with van der Waals surface area (Å²) in [6.45, 7) is 9.02. The molecule has 0 amide bonds. The van der Waals surface area contributed by atoms with Gasteiger partial charge in [0, 0.05) is 17.4 Å². The Hall–Kier alpha value is -0.940. The van der Waals surface area contributed by atoms with Crippen molar-refractivity contribution >= 4 is 9.84 Å². The number of nitrogens with one attached hydrogen (secondary N) is 1. The number of nitrogens with zero attached hydrogens (tertiary/aromatic N) is 1. The first-order valence-corrected chi connectivity index (χ1v) is 8.99. The number of sulfone groups is 1. The van der Waals surface area contributed by atoms with E-state index in [-0.39, 0.29) is 12.0 Å². The van der Waals surface area contributed by atoms with Gasteiger partial charge < -0.3 is 5.32 Å². The summed E-state index contributed by atoms with van der Waals surface area (Å²) in [5, 5.41) is 3.48. The first kappa shape index (κ1) is 15.4. The number of aromatic nitrogens is 1. The highest BCUT2D eigenvalue weighted by Crippen LogP contribution is 2.23. The SMILES string of the molecule is Cc1cc(C)c(C(C)NCC2CCS(=O)(=O)C2)c(C)n1. The number of pyridine rings is 1. The maximum absolute atomic E-state index is 11.5. The Balaban J connectivity index is 2.01. The summed E-state index contributed by atoms with van der Waals surface area (Å²) in [4.78, 5) is 4.52. The number of hydrogen-bond acceptors (Lipinski definition) is 4. The van der Waals surface area contributed by atoms with Crippen molar-refractivity contribution in [2.24, 2.45) is 5.92 Å². The van der Waals surface area contributed by atoms with Crippen molar-refractivity contribution in [3.05, 3.63) is 28.6 Å². The van der Waals surface area contributed by atoms with Crippen molar-refractivity contribution in [1.82, 2.24) is 10.3 Å². The number of rotatable bonds is 4. The molecule has 20 heavy (non-hydrogen) atoms. The Labute approximate surface area is 121 Å². The molecule has 1 aliphatic rings. The van der Waals surface area contributed by atoms with Gasteiger partial charge in [-0.2, -0.15) is 0 Å². The van der Waals surface area contributed by atoms with E-state index in [0.717, 1.165) is 24.4 Å². The molecule has 2 heterocycles. The molecule has 2 unspecified atom stereocenters. The van der Waals surface area contributed by atoms with Crippen LogP contribution >= 0.6 is 0 Å². The van der Waals surface area contributed by atoms with Crippen molar-refractivity contribution in [2.45, 2.75) is 40.2 Å². The zero-order valence-corrected chi connectivity index (χ0v) is 13.5. The third kappa shape index (κ3) is 3.58. The fourth-order valence-corrected chi connectivity index (χ4v) is 5.03. The average Bonchev–Trinajstić information content (AvgIpc) is 2.65. The lowest BCUT2D eigenvalue weighted by Gasteiger charge is -2.20. The van der Waals surface area contributed by atoms with Crippen LogP contribution in [-0.4, -0.2) is 31.5 Å². The molecule has 1 N–H and O–H groups in total. The van der Waals surface area contributed by atoms with Gasteiger partial charge in [0.05, 0.1) is 11.5 Å². The second-order valence-corrected chi connectivity index (χ2v) is 8.21. The molecule has 2 atom stereocenters. The summed E-state index contributed by atoms with van der Waals surface area (Å²) in [5.74, 6) is 0.927. The highest BCUT2D eigenvalue weighted by atomic mass is 32.2. The van der Waals surface area contributed by atoms with Crippen molar-refractivity contribution < 1.29 is 8.42 Å². The molecule has 0 saturated carbocycles. The van der Waals surface area contributed by atoms with Gasteiger partial charge in [0.2, 0.25) is 0 Å². The smallest absolute Gasteiger partial charge is 0.150 e. The molecule has 0 aliphatic carbocycles. The van der Waals surface area contributed by atoms with Crippen molar-refractivity contribution in [3.8, 4) is 0 Å². The van der Waals surface area contributed by atoms with Gasteiger partial charge in [-0.05, 0) is 63.8 Å². The average molecular weight is 296 g/mol. The zero-order valence-electron chi connectivity index (χ0n) is 12.7. The van der Waals surface area contributed by atoms with Crippen LogP contribution in [0.3, 0.4) is 0 Å². The second kappa shape index (κ2) is 5.82. The van der Waals surface area contributed by atoms with Gasteiger partial charge in [0.1, 0.15) is 0 Å². The fraction of sp³-hybridized carbons (Fsp3) is 0.667. The predicted octanol–water partition coefficient (Wildman–Crippen LogP) is 2.09. The number of aryl methyl sites for hydroxylation is 3. The van der Waals surface area contributed by atoms with Crippen LogP contribution in [0, 0.1) is 26.7 Å². The van der Waals surface area contributed by atoms with E-state index in [0.29, 0.717) is 11.5 Å². The third-order valence-electron chi connectivity index (χ3n) is 4.06. The standard InChI is InChI=1S/C15H24N2O2S/c1-10-7-11(2)17-13(4)15(10)12(3)16-8-14-5-6-20(18,19)9-14/h7,12,14,16H,5-6,8-9H2,1-4H3. The molecule has 1 aromatic rings. The molecule has 0 spiro atoms. The van der Waals surface area contributed by atoms with E-state index in [1.54, 1.807) is 0 Å². The molecule has 4 nitrogen and oxygen atoms in total. The van der Waals surface area contributed by atoms with Crippen LogP contribution < -0.4 is 5.32 Å². The quantitative estimate of drug-likeness (QED) is 0.924. The van der Waals surface area contributed by atoms with Gasteiger partial charge in [-0.25, -0.2) is 8.42 Å². The van der Waals surface area contributed by atoms with E-state index < -0.39 is 9.84 Å². The van der Waals surface area contributed by atoms with Crippen molar-refractivity contribution in [1.29, 1.82) is 0 Å². The molecule has 0 aromatic carbocycles. The van der Waals surface area contributed by atoms with Gasteiger partial charge in [0.15, 0.2) is 9.84 Å². The van der Waals surface area contributed by atoms with E-state index in [9.17, 15) is 8.42 Å². The lowest BCUT2D eigenvalue weighted by Crippen LogP contribution is -2.27. The van der Waals surface area contributed by atoms with E-state index in [4.69, 9.17) is 0 Å². The van der Waals surface area contributed by atoms with Gasteiger partial charge in [-0.15, -0.1) is 0 Å². The molecular formula is C15H24N2O2S. The van der Waals surface area contributed by atoms with E-state index in [1.807, 2.05) is 13.8 Å². The Morgan fingerprint density at radius 2 is 2.10 bits per heavy atom. The highest BCUT2D eigenvalue weighted by Gasteiger charge is 2.28. The summed E-state index contributed by atoms with van der Waals surface area (Å²) < 4.78 is 22.9. The zero-order chi connectivity index (χ0) is 14.9. The second-order valence-electron chi connectivity index (χ2n) is 5.98. The topological polar surface area (TPSA) is 59.1 Å². The summed E-state index contributed by atoms with van der Waals surface area (Å²) in [6, 6.07) is 2.30. The minimum Gasteiger partial charge on any atom is -0.310 e. The Kier molecular flexibility index (Phi) is 4.49. The lowest BCUT2D eigenvalue weighted by atomic mass is 9.99. The molecule has 2 rings (SSSR count). The van der Waals surface area contributed by atoms with Gasteiger partial charge in [0.25, 0.3) is 0 Å². The van der Waals surface area contributed by atoms with E-state index in [1.165, 1.54) is 11.1 Å². The van der Waals surface area contributed by atoms with Gasteiger partial charge >= 0.3 is 0 Å². The lowest BCUT2D eigenvalue weighted by molar-refractivity contribution is 0.473. The van der Waals surface area contributed by atoms with Crippen LogP contribution in [0.25, 0.3) is 0 Å². The molecule has 1 aliphatic heterocycles. The van der Waals surface area contributed by atoms with Crippen LogP contribution in [0.5, 0.6) is 0 Å². The molecule has 0 radical (unpaired) electrons. The van der Waals surface area contributed by atoms with Crippen LogP contribution in [0.15, 0.2) is 6.07 Å². The van der Waals surface area contributed by atoms with E-state index >= 15 is 0 Å². The molecule has 0 bridgehead atoms. The molecule has 1 fully saturated rings. The summed E-state index contributed by atoms with van der Waals surface area (Å²) in [5.41, 5.74) is 4.57. The van der Waals surface area contributed by atoms with E-state index in [2.05, 4.69) is 30.2 Å². The van der Waals surface area contributed by atoms with Crippen LogP contribution in [0.2, 0.25) is 0 Å². The van der Waals surface area contributed by atoms with Crippen LogP contribution in [0.1, 0.15) is 41.9 Å². The van der Waals surface area contributed by atoms with Crippen LogP contribution in [-0.2, 0) is 9.84 Å². The Bertz CT molecular complexity index is 573. The summed E-state index contributed by atoms with van der Waals surface area (Å²) in [7, 11) is -2.78. The maximum atomic E-state index is 11.5. The monoisotopic (exact) mass is 296 g/mol. The van der Waals surface area contributed by atoms with Gasteiger partial charge in [-0.3, -0.25) is 4.98 Å². The Morgan fingerprint density at radius 3 is 2.65 bits per heavy atom. The summed E-state index contributed by atoms with van der Waals surface area (Å²) in [6.07, 6.45) is 0.784. The Morgan fingerprint density at radius 1 is 1.40 bits per heavy atom. The molecule has 1 aromatic heterocycles.